The van der Waals surface area contributed by atoms with E-state index < -0.39 is 6.10 Å². The fourth-order valence-electron chi connectivity index (χ4n) is 2.46. The molecule has 0 spiro atoms. The molecule has 0 saturated carbocycles. The van der Waals surface area contributed by atoms with Crippen molar-refractivity contribution in [2.45, 2.75) is 19.4 Å². The molecule has 1 atom stereocenters. The number of methoxy groups -OCH3 is 1. The molecule has 0 unspecified atom stereocenters. The molecule has 0 fully saturated rings. The lowest BCUT2D eigenvalue weighted by molar-refractivity contribution is -0.125. The van der Waals surface area contributed by atoms with Crippen LogP contribution in [0.4, 0.5) is 5.69 Å². The van der Waals surface area contributed by atoms with Crippen molar-refractivity contribution in [3.63, 3.8) is 0 Å². The summed E-state index contributed by atoms with van der Waals surface area (Å²) in [4.78, 5) is 17.7. The zero-order valence-electron chi connectivity index (χ0n) is 13.4. The highest BCUT2D eigenvalue weighted by Gasteiger charge is 2.29. The number of oxime groups is 1. The van der Waals surface area contributed by atoms with Crippen LogP contribution in [-0.4, -0.2) is 24.8 Å². The minimum atomic E-state index is -0.666. The smallest absolute Gasteiger partial charge is 0.268 e. The number of aryl methyl sites for hydroxylation is 1. The van der Waals surface area contributed by atoms with E-state index in [1.165, 1.54) is 7.11 Å². The molecule has 3 rings (SSSR count). The minimum absolute atomic E-state index is 0.273. The number of amides is 1. The van der Waals surface area contributed by atoms with Gasteiger partial charge in [0.2, 0.25) is 6.10 Å². The summed E-state index contributed by atoms with van der Waals surface area (Å²) in [6.07, 6.45) is -0.244. The number of carbonyl (C=O) groups excluding carboxylic acids is 1. The van der Waals surface area contributed by atoms with Gasteiger partial charge in [0, 0.05) is 17.5 Å². The van der Waals surface area contributed by atoms with Crippen LogP contribution in [0.5, 0.6) is 5.75 Å². The Bertz CT molecular complexity index is 790. The number of anilines is 1. The molecular weight excluding hydrogens is 328 g/mol. The number of nitrogens with one attached hydrogen (secondary N) is 1. The van der Waals surface area contributed by atoms with Gasteiger partial charge >= 0.3 is 0 Å². The topological polar surface area (TPSA) is 59.9 Å². The Morgan fingerprint density at radius 3 is 2.79 bits per heavy atom. The molecule has 24 heavy (non-hydrogen) atoms. The molecule has 0 bridgehead atoms. The SMILES string of the molecule is COc1cc(Cl)c(C)cc1NC(=O)[C@H]1CC(c2ccccc2)=NO1. The Morgan fingerprint density at radius 1 is 1.33 bits per heavy atom. The lowest BCUT2D eigenvalue weighted by atomic mass is 10.0. The number of benzene rings is 2. The summed E-state index contributed by atoms with van der Waals surface area (Å²) in [7, 11) is 1.53. The van der Waals surface area contributed by atoms with Crippen LogP contribution in [0.25, 0.3) is 0 Å². The largest absolute Gasteiger partial charge is 0.495 e. The Hall–Kier alpha value is -2.53. The first-order valence-corrected chi connectivity index (χ1v) is 7.89. The molecule has 6 heteroatoms. The molecule has 1 aliphatic heterocycles. The summed E-state index contributed by atoms with van der Waals surface area (Å²) in [5.74, 6) is 0.228. The lowest BCUT2D eigenvalue weighted by Crippen LogP contribution is -2.28. The van der Waals surface area contributed by atoms with Crippen LogP contribution in [0.1, 0.15) is 17.5 Å². The van der Waals surface area contributed by atoms with Crippen molar-refractivity contribution in [2.24, 2.45) is 5.16 Å². The van der Waals surface area contributed by atoms with Gasteiger partial charge in [0.1, 0.15) is 5.75 Å². The van der Waals surface area contributed by atoms with Gasteiger partial charge in [-0.15, -0.1) is 0 Å². The Morgan fingerprint density at radius 2 is 2.08 bits per heavy atom. The Labute approximate surface area is 145 Å². The van der Waals surface area contributed by atoms with E-state index in [1.54, 1.807) is 12.1 Å². The monoisotopic (exact) mass is 344 g/mol. The van der Waals surface area contributed by atoms with Crippen molar-refractivity contribution < 1.29 is 14.4 Å². The zero-order valence-corrected chi connectivity index (χ0v) is 14.1. The number of halogens is 1. The molecular formula is C18H17ClN2O3. The second-order valence-corrected chi connectivity index (χ2v) is 5.90. The molecule has 2 aromatic rings. The first-order chi connectivity index (χ1) is 11.6. The molecule has 1 amide bonds. The van der Waals surface area contributed by atoms with E-state index in [1.807, 2.05) is 37.3 Å². The van der Waals surface area contributed by atoms with E-state index >= 15 is 0 Å². The first-order valence-electron chi connectivity index (χ1n) is 7.51. The van der Waals surface area contributed by atoms with E-state index in [-0.39, 0.29) is 5.91 Å². The third-order valence-electron chi connectivity index (χ3n) is 3.81. The Kier molecular flexibility index (Phi) is 4.71. The van der Waals surface area contributed by atoms with Gasteiger partial charge in [-0.1, -0.05) is 47.1 Å². The second-order valence-electron chi connectivity index (χ2n) is 5.49. The summed E-state index contributed by atoms with van der Waals surface area (Å²) in [5, 5.41) is 7.43. The van der Waals surface area contributed by atoms with E-state index in [4.69, 9.17) is 21.2 Å². The molecule has 1 aliphatic rings. The summed E-state index contributed by atoms with van der Waals surface area (Å²) in [6, 6.07) is 13.1. The van der Waals surface area contributed by atoms with Gasteiger partial charge in [0.15, 0.2) is 0 Å². The average molecular weight is 345 g/mol. The summed E-state index contributed by atoms with van der Waals surface area (Å²) >= 11 is 6.08. The van der Waals surface area contributed by atoms with Crippen molar-refractivity contribution in [1.29, 1.82) is 0 Å². The van der Waals surface area contributed by atoms with Crippen molar-refractivity contribution in [1.82, 2.24) is 0 Å². The second kappa shape index (κ2) is 6.93. The summed E-state index contributed by atoms with van der Waals surface area (Å²) in [5.41, 5.74) is 3.12. The molecule has 0 aliphatic carbocycles. The molecule has 2 aromatic carbocycles. The van der Waals surface area contributed by atoms with Gasteiger partial charge in [-0.25, -0.2) is 0 Å². The molecule has 1 heterocycles. The first kappa shape index (κ1) is 16.3. The molecule has 5 nitrogen and oxygen atoms in total. The number of nitrogens with zero attached hydrogens (tertiary/aromatic N) is 1. The maximum Gasteiger partial charge on any atom is 0.268 e. The summed E-state index contributed by atoms with van der Waals surface area (Å²) < 4.78 is 5.27. The quantitative estimate of drug-likeness (QED) is 0.918. The van der Waals surface area contributed by atoms with E-state index in [0.717, 1.165) is 16.8 Å². The van der Waals surface area contributed by atoms with E-state index in [2.05, 4.69) is 10.5 Å². The number of hydrogen-bond acceptors (Lipinski definition) is 4. The van der Waals surface area contributed by atoms with Crippen LogP contribution in [0.15, 0.2) is 47.6 Å². The van der Waals surface area contributed by atoms with Gasteiger partial charge in [0.05, 0.1) is 18.5 Å². The maximum atomic E-state index is 12.5. The standard InChI is InChI=1S/C18H17ClN2O3/c1-11-8-15(16(23-2)9-13(11)19)20-18(22)17-10-14(21-24-17)12-6-4-3-5-7-12/h3-9,17H,10H2,1-2H3,(H,20,22)/t17-/m1/s1. The molecule has 0 saturated heterocycles. The number of ether oxygens (including phenoxy) is 1. The highest BCUT2D eigenvalue weighted by Crippen LogP contribution is 2.31. The van der Waals surface area contributed by atoms with Crippen LogP contribution in [0, 0.1) is 6.92 Å². The van der Waals surface area contributed by atoms with Gasteiger partial charge in [-0.05, 0) is 24.1 Å². The highest BCUT2D eigenvalue weighted by molar-refractivity contribution is 6.31. The maximum absolute atomic E-state index is 12.5. The average Bonchev–Trinajstić information content (AvgIpc) is 3.09. The van der Waals surface area contributed by atoms with Crippen molar-refractivity contribution in [3.8, 4) is 5.75 Å². The fraction of sp³-hybridized carbons (Fsp3) is 0.222. The Balaban J connectivity index is 1.70. The van der Waals surface area contributed by atoms with Crippen LogP contribution in [0.2, 0.25) is 5.02 Å². The van der Waals surface area contributed by atoms with Crippen LogP contribution in [-0.2, 0) is 9.63 Å². The number of hydrogen-bond donors (Lipinski definition) is 1. The van der Waals surface area contributed by atoms with Gasteiger partial charge in [-0.2, -0.15) is 0 Å². The van der Waals surface area contributed by atoms with Crippen LogP contribution in [0.3, 0.4) is 0 Å². The van der Waals surface area contributed by atoms with Gasteiger partial charge < -0.3 is 14.9 Å². The van der Waals surface area contributed by atoms with Crippen LogP contribution < -0.4 is 10.1 Å². The number of carbonyl (C=O) groups is 1. The third-order valence-corrected chi connectivity index (χ3v) is 4.21. The lowest BCUT2D eigenvalue weighted by Gasteiger charge is -2.14. The molecule has 0 aromatic heterocycles. The molecule has 0 radical (unpaired) electrons. The van der Waals surface area contributed by atoms with E-state index in [0.29, 0.717) is 22.9 Å². The minimum Gasteiger partial charge on any atom is -0.495 e. The fourth-order valence-corrected chi connectivity index (χ4v) is 2.62. The highest BCUT2D eigenvalue weighted by atomic mass is 35.5. The van der Waals surface area contributed by atoms with Crippen molar-refractivity contribution in [3.05, 3.63) is 58.6 Å². The molecule has 1 N–H and O–H groups in total. The van der Waals surface area contributed by atoms with Crippen molar-refractivity contribution in [2.75, 3.05) is 12.4 Å². The third kappa shape index (κ3) is 3.36. The normalized spacial score (nSPS) is 16.3. The van der Waals surface area contributed by atoms with Crippen LogP contribution >= 0.6 is 11.6 Å². The predicted molar refractivity (Wildman–Crippen MR) is 93.8 cm³/mol. The zero-order chi connectivity index (χ0) is 17.1. The van der Waals surface area contributed by atoms with Crippen molar-refractivity contribution >= 4 is 28.9 Å². The van der Waals surface area contributed by atoms with Gasteiger partial charge in [0.25, 0.3) is 5.91 Å². The molecule has 124 valence electrons. The van der Waals surface area contributed by atoms with E-state index in [9.17, 15) is 4.79 Å². The van der Waals surface area contributed by atoms with Gasteiger partial charge in [-0.3, -0.25) is 4.79 Å². The predicted octanol–water partition coefficient (Wildman–Crippen LogP) is 3.79. The summed E-state index contributed by atoms with van der Waals surface area (Å²) in [6.45, 7) is 1.86. The number of rotatable bonds is 4.